The molecule has 0 bridgehead atoms. The monoisotopic (exact) mass is 265 g/mol. The molecule has 5 nitrogen and oxygen atoms in total. The van der Waals surface area contributed by atoms with Crippen molar-refractivity contribution in [3.63, 3.8) is 0 Å². The van der Waals surface area contributed by atoms with E-state index in [1.165, 1.54) is 0 Å². The third kappa shape index (κ3) is 6.10. The molecule has 0 aromatic heterocycles. The smallest absolute Gasteiger partial charge is 0.315 e. The molecule has 5 heteroatoms. The van der Waals surface area contributed by atoms with Crippen LogP contribution in [0.2, 0.25) is 0 Å². The van der Waals surface area contributed by atoms with Gasteiger partial charge in [0.25, 0.3) is 0 Å². The van der Waals surface area contributed by atoms with Crippen molar-refractivity contribution in [1.29, 1.82) is 0 Å². The maximum atomic E-state index is 11.6. The van der Waals surface area contributed by atoms with Crippen molar-refractivity contribution < 1.29 is 9.53 Å². The van der Waals surface area contributed by atoms with Gasteiger partial charge in [0.2, 0.25) is 0 Å². The van der Waals surface area contributed by atoms with Gasteiger partial charge in [-0.05, 0) is 33.1 Å². The standard InChI is InChI=1S/C14H23N3O2/c1-17(2)10-6-9-15-14(18)16-11-12-7-4-5-8-13(12)19-3/h4-5,7-8H,6,9-11H2,1-3H3,(H2,15,16,18). The number of para-hydroxylation sites is 1. The summed E-state index contributed by atoms with van der Waals surface area (Å²) in [6.07, 6.45) is 0.940. The Morgan fingerprint density at radius 1 is 1.26 bits per heavy atom. The molecule has 0 radical (unpaired) electrons. The van der Waals surface area contributed by atoms with Crippen LogP contribution in [0.5, 0.6) is 5.75 Å². The molecule has 2 N–H and O–H groups in total. The highest BCUT2D eigenvalue weighted by Crippen LogP contribution is 2.16. The average Bonchev–Trinajstić information content (AvgIpc) is 2.41. The molecule has 0 aliphatic carbocycles. The first-order chi connectivity index (χ1) is 9.13. The van der Waals surface area contributed by atoms with Crippen LogP contribution in [-0.4, -0.2) is 45.2 Å². The SMILES string of the molecule is COc1ccccc1CNC(=O)NCCCN(C)C. The number of carbonyl (C=O) groups excluding carboxylic acids is 1. The van der Waals surface area contributed by atoms with Gasteiger partial charge in [0.05, 0.1) is 7.11 Å². The Morgan fingerprint density at radius 2 is 2.00 bits per heavy atom. The van der Waals surface area contributed by atoms with Crippen LogP contribution in [0.4, 0.5) is 4.79 Å². The molecular weight excluding hydrogens is 242 g/mol. The second-order valence-electron chi connectivity index (χ2n) is 4.58. The highest BCUT2D eigenvalue weighted by Gasteiger charge is 2.04. The van der Waals surface area contributed by atoms with Crippen LogP contribution in [0.1, 0.15) is 12.0 Å². The summed E-state index contributed by atoms with van der Waals surface area (Å²) < 4.78 is 5.23. The largest absolute Gasteiger partial charge is 0.496 e. The molecule has 0 aliphatic rings. The molecule has 0 aliphatic heterocycles. The first-order valence-corrected chi connectivity index (χ1v) is 6.42. The normalized spacial score (nSPS) is 10.3. The van der Waals surface area contributed by atoms with Gasteiger partial charge in [-0.15, -0.1) is 0 Å². The fraction of sp³-hybridized carbons (Fsp3) is 0.500. The lowest BCUT2D eigenvalue weighted by Crippen LogP contribution is -2.36. The van der Waals surface area contributed by atoms with Gasteiger partial charge in [-0.3, -0.25) is 0 Å². The molecule has 1 rings (SSSR count). The zero-order valence-electron chi connectivity index (χ0n) is 11.9. The van der Waals surface area contributed by atoms with Gasteiger partial charge in [0.15, 0.2) is 0 Å². The predicted molar refractivity (Wildman–Crippen MR) is 76.4 cm³/mol. The molecule has 0 heterocycles. The van der Waals surface area contributed by atoms with E-state index in [9.17, 15) is 4.79 Å². The second kappa shape index (κ2) is 8.37. The van der Waals surface area contributed by atoms with Crippen LogP contribution in [0, 0.1) is 0 Å². The number of nitrogens with zero attached hydrogens (tertiary/aromatic N) is 1. The number of ether oxygens (including phenoxy) is 1. The van der Waals surface area contributed by atoms with Gasteiger partial charge in [-0.25, -0.2) is 4.79 Å². The third-order valence-electron chi connectivity index (χ3n) is 2.70. The van der Waals surface area contributed by atoms with Gasteiger partial charge in [0.1, 0.15) is 5.75 Å². The second-order valence-corrected chi connectivity index (χ2v) is 4.58. The number of hydrogen-bond donors (Lipinski definition) is 2. The Morgan fingerprint density at radius 3 is 2.68 bits per heavy atom. The number of hydrogen-bond acceptors (Lipinski definition) is 3. The van der Waals surface area contributed by atoms with E-state index in [1.807, 2.05) is 38.4 Å². The van der Waals surface area contributed by atoms with Crippen LogP contribution in [0.15, 0.2) is 24.3 Å². The van der Waals surface area contributed by atoms with Crippen molar-refractivity contribution in [3.05, 3.63) is 29.8 Å². The minimum absolute atomic E-state index is 0.148. The Balaban J connectivity index is 2.26. The summed E-state index contributed by atoms with van der Waals surface area (Å²) in [5.41, 5.74) is 0.966. The summed E-state index contributed by atoms with van der Waals surface area (Å²) in [6, 6.07) is 7.50. The number of nitrogens with one attached hydrogen (secondary N) is 2. The fourth-order valence-electron chi connectivity index (χ4n) is 1.68. The number of rotatable bonds is 7. The van der Waals surface area contributed by atoms with E-state index in [-0.39, 0.29) is 6.03 Å². The summed E-state index contributed by atoms with van der Waals surface area (Å²) in [5.74, 6) is 0.787. The van der Waals surface area contributed by atoms with E-state index in [2.05, 4.69) is 15.5 Å². The Labute approximate surface area is 114 Å². The molecule has 19 heavy (non-hydrogen) atoms. The summed E-state index contributed by atoms with van der Waals surface area (Å²) >= 11 is 0. The first-order valence-electron chi connectivity index (χ1n) is 6.42. The summed E-state index contributed by atoms with van der Waals surface area (Å²) in [7, 11) is 5.66. The minimum atomic E-state index is -0.148. The van der Waals surface area contributed by atoms with Gasteiger partial charge in [-0.1, -0.05) is 18.2 Å². The average molecular weight is 265 g/mol. The van der Waals surface area contributed by atoms with Crippen LogP contribution in [0.3, 0.4) is 0 Å². The molecule has 0 unspecified atom stereocenters. The van der Waals surface area contributed by atoms with E-state index >= 15 is 0 Å². The molecule has 1 aromatic rings. The Bertz CT molecular complexity index is 394. The summed E-state index contributed by atoms with van der Waals surface area (Å²) in [5, 5.41) is 5.65. The van der Waals surface area contributed by atoms with E-state index in [0.717, 1.165) is 24.3 Å². The Kier molecular flexibility index (Phi) is 6.74. The quantitative estimate of drug-likeness (QED) is 0.734. The number of methoxy groups -OCH3 is 1. The maximum Gasteiger partial charge on any atom is 0.315 e. The summed E-state index contributed by atoms with van der Waals surface area (Å²) in [4.78, 5) is 13.7. The lowest BCUT2D eigenvalue weighted by molar-refractivity contribution is 0.239. The highest BCUT2D eigenvalue weighted by atomic mass is 16.5. The number of carbonyl (C=O) groups is 1. The predicted octanol–water partition coefficient (Wildman–Crippen LogP) is 1.45. The van der Waals surface area contributed by atoms with Gasteiger partial charge in [0, 0.05) is 18.7 Å². The molecule has 106 valence electrons. The fourth-order valence-corrected chi connectivity index (χ4v) is 1.68. The van der Waals surface area contributed by atoms with Crippen molar-refractivity contribution in [2.24, 2.45) is 0 Å². The van der Waals surface area contributed by atoms with E-state index in [1.54, 1.807) is 7.11 Å². The van der Waals surface area contributed by atoms with Crippen molar-refractivity contribution >= 4 is 6.03 Å². The molecule has 1 aromatic carbocycles. The number of benzene rings is 1. The molecular formula is C14H23N3O2. The third-order valence-corrected chi connectivity index (χ3v) is 2.70. The van der Waals surface area contributed by atoms with Crippen molar-refractivity contribution in [1.82, 2.24) is 15.5 Å². The molecule has 0 atom stereocenters. The molecule has 2 amide bonds. The van der Waals surface area contributed by atoms with Gasteiger partial charge in [-0.2, -0.15) is 0 Å². The number of amides is 2. The number of urea groups is 1. The molecule has 0 spiro atoms. The van der Waals surface area contributed by atoms with Crippen LogP contribution in [0.25, 0.3) is 0 Å². The van der Waals surface area contributed by atoms with E-state index in [4.69, 9.17) is 4.74 Å². The lowest BCUT2D eigenvalue weighted by atomic mass is 10.2. The van der Waals surface area contributed by atoms with Crippen molar-refractivity contribution in [3.8, 4) is 5.75 Å². The molecule has 0 saturated carbocycles. The maximum absolute atomic E-state index is 11.6. The van der Waals surface area contributed by atoms with Gasteiger partial charge >= 0.3 is 6.03 Å². The zero-order chi connectivity index (χ0) is 14.1. The van der Waals surface area contributed by atoms with Crippen LogP contribution < -0.4 is 15.4 Å². The first kappa shape index (κ1) is 15.3. The zero-order valence-corrected chi connectivity index (χ0v) is 11.9. The van der Waals surface area contributed by atoms with Gasteiger partial charge < -0.3 is 20.3 Å². The van der Waals surface area contributed by atoms with Crippen LogP contribution >= 0.6 is 0 Å². The molecule has 0 fully saturated rings. The molecule has 0 saturated heterocycles. The topological polar surface area (TPSA) is 53.6 Å². The minimum Gasteiger partial charge on any atom is -0.496 e. The highest BCUT2D eigenvalue weighted by molar-refractivity contribution is 5.73. The summed E-state index contributed by atoms with van der Waals surface area (Å²) in [6.45, 7) is 2.10. The van der Waals surface area contributed by atoms with E-state index < -0.39 is 0 Å². The van der Waals surface area contributed by atoms with Crippen molar-refractivity contribution in [2.45, 2.75) is 13.0 Å². The van der Waals surface area contributed by atoms with Crippen molar-refractivity contribution in [2.75, 3.05) is 34.3 Å². The van der Waals surface area contributed by atoms with E-state index in [0.29, 0.717) is 13.1 Å². The van der Waals surface area contributed by atoms with Crippen LogP contribution in [-0.2, 0) is 6.54 Å². The lowest BCUT2D eigenvalue weighted by Gasteiger charge is -2.12. The Hall–Kier alpha value is -1.75.